The monoisotopic (exact) mass is 406 g/mol. The minimum Gasteiger partial charge on any atom is -0.481 e. The van der Waals surface area contributed by atoms with E-state index in [0.29, 0.717) is 6.42 Å². The van der Waals surface area contributed by atoms with E-state index < -0.39 is 5.97 Å². The number of carbonyl (C=O) groups is 2. The van der Waals surface area contributed by atoms with Gasteiger partial charge in [0.05, 0.1) is 18.2 Å². The van der Waals surface area contributed by atoms with Crippen molar-refractivity contribution in [2.75, 3.05) is 0 Å². The van der Waals surface area contributed by atoms with Crippen LogP contribution in [-0.4, -0.2) is 27.7 Å². The first kappa shape index (κ1) is 16.9. The molecule has 5 nitrogen and oxygen atoms in total. The number of amides is 1. The zero-order valence-electron chi connectivity index (χ0n) is 12.7. The molecule has 1 aromatic carbocycles. The molecule has 0 fully saturated rings. The van der Waals surface area contributed by atoms with Crippen molar-refractivity contribution >= 4 is 44.9 Å². The van der Waals surface area contributed by atoms with Gasteiger partial charge >= 0.3 is 5.97 Å². The van der Waals surface area contributed by atoms with Gasteiger partial charge in [-0.3, -0.25) is 9.59 Å². The molecule has 0 radical (unpaired) electrons. The molecule has 1 amide bonds. The van der Waals surface area contributed by atoms with Crippen LogP contribution in [0.4, 0.5) is 0 Å². The topological polar surface area (TPSA) is 70.0 Å². The molecule has 0 spiro atoms. The lowest BCUT2D eigenvalue weighted by atomic mass is 9.99. The molecule has 2 aromatic rings. The van der Waals surface area contributed by atoms with Gasteiger partial charge in [-0.25, -0.2) is 5.01 Å². The Balaban J connectivity index is 1.87. The number of thiophene rings is 1. The minimum atomic E-state index is -0.982. The number of carboxylic acids is 1. The van der Waals surface area contributed by atoms with Crippen molar-refractivity contribution < 1.29 is 14.7 Å². The number of hydrogen-bond acceptors (Lipinski definition) is 4. The SMILES string of the molecule is O=C(O)CCC(=O)N1N=C(c2ccsc2)CC1c1ccc(Br)cc1. The normalized spacial score (nSPS) is 17.0. The number of rotatable bonds is 5. The highest BCUT2D eigenvalue weighted by molar-refractivity contribution is 9.10. The molecule has 1 N–H and O–H groups in total. The lowest BCUT2D eigenvalue weighted by molar-refractivity contribution is -0.141. The van der Waals surface area contributed by atoms with Crippen LogP contribution < -0.4 is 0 Å². The van der Waals surface area contributed by atoms with E-state index in [9.17, 15) is 9.59 Å². The first-order valence-corrected chi connectivity index (χ1v) is 9.17. The maximum absolute atomic E-state index is 12.5. The molecule has 1 aliphatic rings. The third-order valence-electron chi connectivity index (χ3n) is 3.83. The summed E-state index contributed by atoms with van der Waals surface area (Å²) in [6, 6.07) is 9.55. The number of carboxylic acid groups (broad SMARTS) is 1. The molecule has 0 bridgehead atoms. The number of halogens is 1. The number of nitrogens with zero attached hydrogens (tertiary/aromatic N) is 2. The minimum absolute atomic E-state index is 0.0528. The van der Waals surface area contributed by atoms with Crippen LogP contribution in [0.15, 0.2) is 50.7 Å². The zero-order chi connectivity index (χ0) is 17.1. The van der Waals surface area contributed by atoms with Gasteiger partial charge in [0.25, 0.3) is 0 Å². The van der Waals surface area contributed by atoms with Crippen molar-refractivity contribution in [3.8, 4) is 0 Å². The van der Waals surface area contributed by atoms with Gasteiger partial charge in [0, 0.05) is 22.9 Å². The van der Waals surface area contributed by atoms with Crippen molar-refractivity contribution in [2.24, 2.45) is 5.10 Å². The van der Waals surface area contributed by atoms with E-state index in [0.717, 1.165) is 21.3 Å². The van der Waals surface area contributed by atoms with E-state index in [1.54, 1.807) is 11.3 Å². The first-order chi connectivity index (χ1) is 11.5. The van der Waals surface area contributed by atoms with Crippen LogP contribution in [0.5, 0.6) is 0 Å². The predicted molar refractivity (Wildman–Crippen MR) is 96.1 cm³/mol. The highest BCUT2D eigenvalue weighted by atomic mass is 79.9. The Hall–Kier alpha value is -1.99. The van der Waals surface area contributed by atoms with Gasteiger partial charge in [-0.1, -0.05) is 28.1 Å². The second-order valence-corrected chi connectivity index (χ2v) is 7.16. The number of aliphatic carboxylic acids is 1. The second-order valence-electron chi connectivity index (χ2n) is 5.46. The van der Waals surface area contributed by atoms with Crippen molar-refractivity contribution in [3.63, 3.8) is 0 Å². The van der Waals surface area contributed by atoms with Gasteiger partial charge in [-0.2, -0.15) is 16.4 Å². The maximum atomic E-state index is 12.5. The summed E-state index contributed by atoms with van der Waals surface area (Å²) in [5.74, 6) is -1.25. The molecule has 1 aromatic heterocycles. The summed E-state index contributed by atoms with van der Waals surface area (Å²) in [6.45, 7) is 0. The molecule has 1 atom stereocenters. The molecule has 0 saturated heterocycles. The van der Waals surface area contributed by atoms with E-state index in [2.05, 4.69) is 21.0 Å². The summed E-state index contributed by atoms with van der Waals surface area (Å²) in [6.07, 6.45) is 0.381. The highest BCUT2D eigenvalue weighted by Gasteiger charge is 2.33. The maximum Gasteiger partial charge on any atom is 0.303 e. The van der Waals surface area contributed by atoms with Crippen molar-refractivity contribution in [1.82, 2.24) is 5.01 Å². The fourth-order valence-corrected chi connectivity index (χ4v) is 3.55. The standard InChI is InChI=1S/C17H15BrN2O3S/c18-13-3-1-11(2-4-13)15-9-14(12-7-8-24-10-12)19-20(15)16(21)5-6-17(22)23/h1-4,7-8,10,15H,5-6,9H2,(H,22,23). The van der Waals surface area contributed by atoms with Crippen molar-refractivity contribution in [1.29, 1.82) is 0 Å². The molecular weight excluding hydrogens is 392 g/mol. The third-order valence-corrected chi connectivity index (χ3v) is 5.04. The van der Waals surface area contributed by atoms with Gasteiger partial charge < -0.3 is 5.11 Å². The smallest absolute Gasteiger partial charge is 0.303 e. The van der Waals surface area contributed by atoms with Gasteiger partial charge in [0.2, 0.25) is 5.91 Å². The van der Waals surface area contributed by atoms with E-state index in [4.69, 9.17) is 5.11 Å². The zero-order valence-corrected chi connectivity index (χ0v) is 15.1. The summed E-state index contributed by atoms with van der Waals surface area (Å²) < 4.78 is 0.965. The average Bonchev–Trinajstić information content (AvgIpc) is 3.22. The summed E-state index contributed by atoms with van der Waals surface area (Å²) in [7, 11) is 0. The third kappa shape index (κ3) is 3.73. The number of benzene rings is 1. The average molecular weight is 407 g/mol. The fraction of sp³-hybridized carbons (Fsp3) is 0.235. The highest BCUT2D eigenvalue weighted by Crippen LogP contribution is 2.34. The Labute approximate surface area is 151 Å². The van der Waals surface area contributed by atoms with Crippen LogP contribution in [0.1, 0.15) is 36.4 Å². The number of hydrogen-bond donors (Lipinski definition) is 1. The summed E-state index contributed by atoms with van der Waals surface area (Å²) in [5, 5.41) is 18.7. The van der Waals surface area contributed by atoms with Gasteiger partial charge in [-0.05, 0) is 34.5 Å². The van der Waals surface area contributed by atoms with Gasteiger partial charge in [0.1, 0.15) is 0 Å². The Morgan fingerprint density at radius 2 is 2.00 bits per heavy atom. The Morgan fingerprint density at radius 1 is 1.25 bits per heavy atom. The largest absolute Gasteiger partial charge is 0.481 e. The molecule has 0 saturated carbocycles. The molecule has 124 valence electrons. The molecule has 3 rings (SSSR count). The molecule has 2 heterocycles. The van der Waals surface area contributed by atoms with Crippen LogP contribution in [0.2, 0.25) is 0 Å². The van der Waals surface area contributed by atoms with E-state index in [-0.39, 0.29) is 24.8 Å². The molecule has 1 aliphatic heterocycles. The van der Waals surface area contributed by atoms with E-state index >= 15 is 0 Å². The van der Waals surface area contributed by atoms with Gasteiger partial charge in [0.15, 0.2) is 0 Å². The predicted octanol–water partition coefficient (Wildman–Crippen LogP) is 4.05. The van der Waals surface area contributed by atoms with Gasteiger partial charge in [-0.15, -0.1) is 0 Å². The van der Waals surface area contributed by atoms with Crippen LogP contribution >= 0.6 is 27.3 Å². The molecular formula is C17H15BrN2O3S. The molecule has 7 heteroatoms. The summed E-state index contributed by atoms with van der Waals surface area (Å²) in [4.78, 5) is 23.2. The summed E-state index contributed by atoms with van der Waals surface area (Å²) in [5.41, 5.74) is 2.85. The van der Waals surface area contributed by atoms with Crippen LogP contribution in [0.3, 0.4) is 0 Å². The Morgan fingerprint density at radius 3 is 2.62 bits per heavy atom. The number of carbonyl (C=O) groups excluding carboxylic acids is 1. The Bertz CT molecular complexity index is 772. The van der Waals surface area contributed by atoms with Crippen molar-refractivity contribution in [2.45, 2.75) is 25.3 Å². The van der Waals surface area contributed by atoms with E-state index in [1.165, 1.54) is 5.01 Å². The van der Waals surface area contributed by atoms with Crippen LogP contribution in [0, 0.1) is 0 Å². The molecule has 1 unspecified atom stereocenters. The van der Waals surface area contributed by atoms with E-state index in [1.807, 2.05) is 41.1 Å². The quantitative estimate of drug-likeness (QED) is 0.813. The molecule has 24 heavy (non-hydrogen) atoms. The van der Waals surface area contributed by atoms with Crippen molar-refractivity contribution in [3.05, 3.63) is 56.7 Å². The molecule has 0 aliphatic carbocycles. The lowest BCUT2D eigenvalue weighted by Crippen LogP contribution is -2.27. The Kier molecular flexibility index (Phi) is 5.11. The fourth-order valence-electron chi connectivity index (χ4n) is 2.62. The van der Waals surface area contributed by atoms with Crippen LogP contribution in [0.25, 0.3) is 0 Å². The summed E-state index contributed by atoms with van der Waals surface area (Å²) >= 11 is 4.99. The first-order valence-electron chi connectivity index (χ1n) is 7.44. The lowest BCUT2D eigenvalue weighted by Gasteiger charge is -2.22. The number of hydrazone groups is 1. The second kappa shape index (κ2) is 7.27. The van der Waals surface area contributed by atoms with Crippen LogP contribution in [-0.2, 0) is 9.59 Å².